The van der Waals surface area contributed by atoms with E-state index in [1.54, 1.807) is 12.1 Å². The summed E-state index contributed by atoms with van der Waals surface area (Å²) in [7, 11) is -4.18. The fraction of sp³-hybridized carbons (Fsp3) is 0. The Bertz CT molecular complexity index is 1160. The SMILES string of the molecule is O=S(=O)(O)c1ccc(-c2cc3ccccc3c3ccccc23)cc1. The minimum absolute atomic E-state index is 0.101. The summed E-state index contributed by atoms with van der Waals surface area (Å²) in [5, 5.41) is 4.58. The highest BCUT2D eigenvalue weighted by Gasteiger charge is 2.11. The summed E-state index contributed by atoms with van der Waals surface area (Å²) in [5.41, 5.74) is 1.94. The van der Waals surface area contributed by atoms with E-state index in [9.17, 15) is 8.42 Å². The largest absolute Gasteiger partial charge is 0.294 e. The van der Waals surface area contributed by atoms with Crippen LogP contribution in [0.15, 0.2) is 83.8 Å². The predicted molar refractivity (Wildman–Crippen MR) is 96.7 cm³/mol. The first kappa shape index (κ1) is 14.9. The molecule has 0 fully saturated rings. The second-order valence-electron chi connectivity index (χ2n) is 5.69. The van der Waals surface area contributed by atoms with Crippen LogP contribution in [0.25, 0.3) is 32.7 Å². The second-order valence-corrected chi connectivity index (χ2v) is 7.11. The zero-order valence-corrected chi connectivity index (χ0v) is 13.5. The zero-order chi connectivity index (χ0) is 16.7. The van der Waals surface area contributed by atoms with Crippen LogP contribution >= 0.6 is 0 Å². The van der Waals surface area contributed by atoms with Gasteiger partial charge in [0.05, 0.1) is 4.90 Å². The summed E-state index contributed by atoms with van der Waals surface area (Å²) in [6.45, 7) is 0. The molecule has 0 aliphatic rings. The predicted octanol–water partition coefficient (Wildman–Crippen LogP) is 4.91. The van der Waals surface area contributed by atoms with Gasteiger partial charge >= 0.3 is 0 Å². The minimum Gasteiger partial charge on any atom is -0.282 e. The molecule has 4 aromatic rings. The van der Waals surface area contributed by atoms with Gasteiger partial charge in [0, 0.05) is 0 Å². The van der Waals surface area contributed by atoms with Crippen molar-refractivity contribution in [2.45, 2.75) is 4.90 Å². The van der Waals surface area contributed by atoms with E-state index in [2.05, 4.69) is 30.3 Å². The third-order valence-corrected chi connectivity index (χ3v) is 5.10. The molecule has 0 unspecified atom stereocenters. The van der Waals surface area contributed by atoms with Crippen molar-refractivity contribution in [3.8, 4) is 11.1 Å². The van der Waals surface area contributed by atoms with Gasteiger partial charge in [-0.1, -0.05) is 60.7 Å². The van der Waals surface area contributed by atoms with Crippen LogP contribution in [0.5, 0.6) is 0 Å². The molecular formula is C20H14O3S. The molecule has 118 valence electrons. The van der Waals surface area contributed by atoms with Crippen LogP contribution in [-0.2, 0) is 10.1 Å². The zero-order valence-electron chi connectivity index (χ0n) is 12.7. The van der Waals surface area contributed by atoms with Gasteiger partial charge in [0.1, 0.15) is 0 Å². The standard InChI is InChI=1S/C20H14O3S/c21-24(22,23)16-11-9-14(10-12-16)20-13-15-5-1-2-6-17(15)18-7-3-4-8-19(18)20/h1-13H,(H,21,22,23). The Balaban J connectivity index is 2.02. The Morgan fingerprint density at radius 2 is 1.25 bits per heavy atom. The topological polar surface area (TPSA) is 54.4 Å². The normalized spacial score (nSPS) is 11.9. The Labute approximate surface area is 139 Å². The lowest BCUT2D eigenvalue weighted by Gasteiger charge is -2.11. The molecule has 24 heavy (non-hydrogen) atoms. The highest BCUT2D eigenvalue weighted by Crippen LogP contribution is 2.35. The van der Waals surface area contributed by atoms with E-state index in [4.69, 9.17) is 4.55 Å². The molecule has 0 aliphatic heterocycles. The molecule has 4 rings (SSSR count). The van der Waals surface area contributed by atoms with Crippen molar-refractivity contribution >= 4 is 31.7 Å². The monoisotopic (exact) mass is 334 g/mol. The number of rotatable bonds is 2. The first-order valence-corrected chi connectivity index (χ1v) is 8.96. The molecule has 1 N–H and O–H groups in total. The van der Waals surface area contributed by atoms with Gasteiger partial charge < -0.3 is 0 Å². The summed E-state index contributed by atoms with van der Waals surface area (Å²) in [4.78, 5) is -0.101. The van der Waals surface area contributed by atoms with Gasteiger partial charge in [0.2, 0.25) is 0 Å². The Morgan fingerprint density at radius 1 is 0.667 bits per heavy atom. The van der Waals surface area contributed by atoms with Crippen LogP contribution in [0.3, 0.4) is 0 Å². The van der Waals surface area contributed by atoms with Crippen LogP contribution in [0.2, 0.25) is 0 Å². The molecule has 3 nitrogen and oxygen atoms in total. The third kappa shape index (κ3) is 2.46. The van der Waals surface area contributed by atoms with Crippen molar-refractivity contribution < 1.29 is 13.0 Å². The first-order valence-electron chi connectivity index (χ1n) is 7.52. The van der Waals surface area contributed by atoms with Crippen LogP contribution in [-0.4, -0.2) is 13.0 Å². The first-order chi connectivity index (χ1) is 11.5. The van der Waals surface area contributed by atoms with Gasteiger partial charge in [-0.25, -0.2) is 0 Å². The van der Waals surface area contributed by atoms with Crippen LogP contribution in [0, 0.1) is 0 Å². The highest BCUT2D eigenvalue weighted by molar-refractivity contribution is 7.85. The number of hydrogen-bond donors (Lipinski definition) is 1. The van der Waals surface area contributed by atoms with E-state index >= 15 is 0 Å². The molecule has 0 radical (unpaired) electrons. The molecule has 0 aromatic heterocycles. The number of benzene rings is 4. The van der Waals surface area contributed by atoms with Gasteiger partial charge in [-0.3, -0.25) is 4.55 Å². The second kappa shape index (κ2) is 5.44. The number of fused-ring (bicyclic) bond motifs is 3. The average Bonchev–Trinajstić information content (AvgIpc) is 2.60. The van der Waals surface area contributed by atoms with Crippen molar-refractivity contribution in [1.29, 1.82) is 0 Å². The summed E-state index contributed by atoms with van der Waals surface area (Å²) in [6, 6.07) is 24.8. The van der Waals surface area contributed by atoms with Crippen molar-refractivity contribution in [3.05, 3.63) is 78.9 Å². The lowest BCUT2D eigenvalue weighted by Crippen LogP contribution is -1.97. The van der Waals surface area contributed by atoms with Crippen molar-refractivity contribution in [1.82, 2.24) is 0 Å². The maximum atomic E-state index is 11.2. The molecule has 4 heteroatoms. The van der Waals surface area contributed by atoms with Crippen LogP contribution in [0.1, 0.15) is 0 Å². The maximum Gasteiger partial charge on any atom is 0.294 e. The molecule has 0 amide bonds. The van der Waals surface area contributed by atoms with Gasteiger partial charge in [-0.2, -0.15) is 8.42 Å². The fourth-order valence-electron chi connectivity index (χ4n) is 3.10. The average molecular weight is 334 g/mol. The maximum absolute atomic E-state index is 11.2. The lowest BCUT2D eigenvalue weighted by atomic mass is 9.93. The molecule has 0 saturated carbocycles. The van der Waals surface area contributed by atoms with Crippen LogP contribution < -0.4 is 0 Å². The smallest absolute Gasteiger partial charge is 0.282 e. The summed E-state index contributed by atoms with van der Waals surface area (Å²) in [5.74, 6) is 0. The van der Waals surface area contributed by atoms with Crippen molar-refractivity contribution in [3.63, 3.8) is 0 Å². The number of hydrogen-bond acceptors (Lipinski definition) is 2. The van der Waals surface area contributed by atoms with E-state index in [-0.39, 0.29) is 4.90 Å². The Morgan fingerprint density at radius 3 is 1.92 bits per heavy atom. The molecule has 0 atom stereocenters. The van der Waals surface area contributed by atoms with Gasteiger partial charge in [0.25, 0.3) is 10.1 Å². The van der Waals surface area contributed by atoms with E-state index in [0.717, 1.165) is 27.3 Å². The van der Waals surface area contributed by atoms with Crippen molar-refractivity contribution in [2.24, 2.45) is 0 Å². The molecular weight excluding hydrogens is 320 g/mol. The summed E-state index contributed by atoms with van der Waals surface area (Å²) in [6.07, 6.45) is 0. The third-order valence-electron chi connectivity index (χ3n) is 4.23. The summed E-state index contributed by atoms with van der Waals surface area (Å²) >= 11 is 0. The molecule has 0 bridgehead atoms. The molecule has 0 spiro atoms. The minimum atomic E-state index is -4.18. The van der Waals surface area contributed by atoms with Gasteiger partial charge in [0.15, 0.2) is 0 Å². The van der Waals surface area contributed by atoms with Gasteiger partial charge in [-0.05, 0) is 50.9 Å². The Hall–Kier alpha value is -2.69. The molecule has 0 heterocycles. The molecule has 0 aliphatic carbocycles. The summed E-state index contributed by atoms with van der Waals surface area (Å²) < 4.78 is 31.6. The Kier molecular flexibility index (Phi) is 3.37. The highest BCUT2D eigenvalue weighted by atomic mass is 32.2. The molecule has 0 saturated heterocycles. The van der Waals surface area contributed by atoms with E-state index in [0.29, 0.717) is 0 Å². The quantitative estimate of drug-likeness (QED) is 0.419. The van der Waals surface area contributed by atoms with Crippen molar-refractivity contribution in [2.75, 3.05) is 0 Å². The van der Waals surface area contributed by atoms with Gasteiger partial charge in [-0.15, -0.1) is 0 Å². The lowest BCUT2D eigenvalue weighted by molar-refractivity contribution is 0.483. The van der Waals surface area contributed by atoms with Crippen LogP contribution in [0.4, 0.5) is 0 Å². The fourth-order valence-corrected chi connectivity index (χ4v) is 3.58. The van der Waals surface area contributed by atoms with E-state index in [1.807, 2.05) is 24.3 Å². The van der Waals surface area contributed by atoms with E-state index < -0.39 is 10.1 Å². The molecule has 4 aromatic carbocycles. The van der Waals surface area contributed by atoms with E-state index in [1.165, 1.54) is 17.5 Å².